The predicted octanol–water partition coefficient (Wildman–Crippen LogP) is 1.74. The molecule has 0 radical (unpaired) electrons. The number of amides is 1. The standard InChI is InChI=1S/C15H22N2O3S/c1-4-7-21(19,20)16-13-9-15(18)17(10-13)14-6-5-11(2)12(3)8-14/h5-6,8,13,16H,4,7,9-10H2,1-3H3/t13-/m1/s1. The van der Waals surface area contributed by atoms with E-state index in [1.54, 1.807) is 4.90 Å². The van der Waals surface area contributed by atoms with E-state index in [2.05, 4.69) is 4.72 Å². The van der Waals surface area contributed by atoms with Crippen molar-refractivity contribution >= 4 is 21.6 Å². The zero-order valence-electron chi connectivity index (χ0n) is 12.7. The summed E-state index contributed by atoms with van der Waals surface area (Å²) in [5.41, 5.74) is 3.13. The molecule has 1 fully saturated rings. The van der Waals surface area contributed by atoms with Crippen LogP contribution in [0.3, 0.4) is 0 Å². The molecule has 116 valence electrons. The molecule has 1 heterocycles. The Kier molecular flexibility index (Phi) is 4.68. The van der Waals surface area contributed by atoms with Crippen LogP contribution in [0.2, 0.25) is 0 Å². The molecule has 0 spiro atoms. The molecule has 1 aliphatic rings. The first-order chi connectivity index (χ1) is 9.82. The Morgan fingerprint density at radius 1 is 1.29 bits per heavy atom. The van der Waals surface area contributed by atoms with Crippen molar-refractivity contribution in [2.24, 2.45) is 0 Å². The molecule has 1 aromatic carbocycles. The van der Waals surface area contributed by atoms with E-state index in [-0.39, 0.29) is 24.1 Å². The minimum Gasteiger partial charge on any atom is -0.311 e. The molecule has 0 saturated carbocycles. The van der Waals surface area contributed by atoms with Crippen LogP contribution >= 0.6 is 0 Å². The van der Waals surface area contributed by atoms with Crippen molar-refractivity contribution in [3.05, 3.63) is 29.3 Å². The largest absolute Gasteiger partial charge is 0.311 e. The van der Waals surface area contributed by atoms with Crippen LogP contribution in [0.4, 0.5) is 5.69 Å². The van der Waals surface area contributed by atoms with E-state index in [4.69, 9.17) is 0 Å². The highest BCUT2D eigenvalue weighted by Crippen LogP contribution is 2.24. The Morgan fingerprint density at radius 2 is 2.00 bits per heavy atom. The lowest BCUT2D eigenvalue weighted by atomic mass is 10.1. The number of carbonyl (C=O) groups excluding carboxylic acids is 1. The van der Waals surface area contributed by atoms with Gasteiger partial charge in [-0.25, -0.2) is 13.1 Å². The predicted molar refractivity (Wildman–Crippen MR) is 83.9 cm³/mol. The highest BCUT2D eigenvalue weighted by atomic mass is 32.2. The summed E-state index contributed by atoms with van der Waals surface area (Å²) < 4.78 is 26.2. The summed E-state index contributed by atoms with van der Waals surface area (Å²) in [5.74, 6) is 0.0591. The van der Waals surface area contributed by atoms with Crippen LogP contribution in [0, 0.1) is 13.8 Å². The van der Waals surface area contributed by atoms with E-state index < -0.39 is 10.0 Å². The van der Waals surface area contributed by atoms with Gasteiger partial charge in [0.1, 0.15) is 0 Å². The molecule has 1 saturated heterocycles. The summed E-state index contributed by atoms with van der Waals surface area (Å²) in [6, 6.07) is 5.52. The van der Waals surface area contributed by atoms with Gasteiger partial charge in [0.25, 0.3) is 0 Å². The van der Waals surface area contributed by atoms with Crippen molar-refractivity contribution in [1.82, 2.24) is 4.72 Å². The second-order valence-electron chi connectivity index (χ2n) is 5.61. The number of carbonyl (C=O) groups is 1. The average Bonchev–Trinajstić information content (AvgIpc) is 2.72. The number of benzene rings is 1. The van der Waals surface area contributed by atoms with Crippen LogP contribution in [0.1, 0.15) is 30.9 Å². The zero-order valence-corrected chi connectivity index (χ0v) is 13.5. The lowest BCUT2D eigenvalue weighted by Gasteiger charge is -2.18. The van der Waals surface area contributed by atoms with Gasteiger partial charge in [0.15, 0.2) is 0 Å². The summed E-state index contributed by atoms with van der Waals surface area (Å²) >= 11 is 0. The molecule has 6 heteroatoms. The van der Waals surface area contributed by atoms with Gasteiger partial charge < -0.3 is 4.90 Å². The number of aryl methyl sites for hydroxylation is 2. The van der Waals surface area contributed by atoms with Crippen LogP contribution in [-0.2, 0) is 14.8 Å². The van der Waals surface area contributed by atoms with Crippen LogP contribution in [-0.4, -0.2) is 32.7 Å². The maximum absolute atomic E-state index is 12.1. The molecule has 0 unspecified atom stereocenters. The van der Waals surface area contributed by atoms with Gasteiger partial charge in [0, 0.05) is 24.7 Å². The maximum atomic E-state index is 12.1. The van der Waals surface area contributed by atoms with Crippen LogP contribution in [0.25, 0.3) is 0 Å². The second-order valence-corrected chi connectivity index (χ2v) is 7.48. The molecule has 0 aromatic heterocycles. The molecule has 1 aromatic rings. The smallest absolute Gasteiger partial charge is 0.228 e. The minimum absolute atomic E-state index is 0.0394. The third-order valence-electron chi connectivity index (χ3n) is 3.75. The summed E-state index contributed by atoms with van der Waals surface area (Å²) in [7, 11) is -3.29. The quantitative estimate of drug-likeness (QED) is 0.901. The number of anilines is 1. The van der Waals surface area contributed by atoms with Crippen molar-refractivity contribution in [2.75, 3.05) is 17.2 Å². The van der Waals surface area contributed by atoms with Gasteiger partial charge in [-0.2, -0.15) is 0 Å². The van der Waals surface area contributed by atoms with Crippen LogP contribution in [0.5, 0.6) is 0 Å². The number of sulfonamides is 1. The Morgan fingerprint density at radius 3 is 2.62 bits per heavy atom. The third kappa shape index (κ3) is 3.83. The van der Waals surface area contributed by atoms with Crippen molar-refractivity contribution in [1.29, 1.82) is 0 Å². The fraction of sp³-hybridized carbons (Fsp3) is 0.533. The molecule has 1 atom stereocenters. The summed E-state index contributed by atoms with van der Waals surface area (Å²) in [4.78, 5) is 13.8. The van der Waals surface area contributed by atoms with E-state index >= 15 is 0 Å². The fourth-order valence-corrected chi connectivity index (χ4v) is 3.83. The Balaban J connectivity index is 2.11. The summed E-state index contributed by atoms with van der Waals surface area (Å²) in [5, 5.41) is 0. The lowest BCUT2D eigenvalue weighted by Crippen LogP contribution is -2.38. The molecule has 1 amide bonds. The lowest BCUT2D eigenvalue weighted by molar-refractivity contribution is -0.117. The topological polar surface area (TPSA) is 66.5 Å². The molecular weight excluding hydrogens is 288 g/mol. The van der Waals surface area contributed by atoms with E-state index in [1.165, 1.54) is 5.56 Å². The van der Waals surface area contributed by atoms with Gasteiger partial charge >= 0.3 is 0 Å². The van der Waals surface area contributed by atoms with E-state index in [0.29, 0.717) is 13.0 Å². The summed E-state index contributed by atoms with van der Waals surface area (Å²) in [6.45, 7) is 6.23. The number of rotatable bonds is 5. The molecule has 1 N–H and O–H groups in total. The van der Waals surface area contributed by atoms with E-state index in [9.17, 15) is 13.2 Å². The molecular formula is C15H22N2O3S. The molecule has 5 nitrogen and oxygen atoms in total. The first-order valence-corrected chi connectivity index (χ1v) is 8.85. The molecule has 0 bridgehead atoms. The van der Waals surface area contributed by atoms with Gasteiger partial charge in [-0.1, -0.05) is 13.0 Å². The monoisotopic (exact) mass is 310 g/mol. The third-order valence-corrected chi connectivity index (χ3v) is 5.38. The highest BCUT2D eigenvalue weighted by Gasteiger charge is 2.32. The van der Waals surface area contributed by atoms with Crippen LogP contribution in [0.15, 0.2) is 18.2 Å². The Labute approximate surface area is 126 Å². The van der Waals surface area contributed by atoms with Crippen molar-refractivity contribution < 1.29 is 13.2 Å². The first kappa shape index (κ1) is 16.0. The van der Waals surface area contributed by atoms with Gasteiger partial charge in [-0.15, -0.1) is 0 Å². The SMILES string of the molecule is CCCS(=O)(=O)N[C@@H]1CC(=O)N(c2ccc(C)c(C)c2)C1. The van der Waals surface area contributed by atoms with E-state index in [1.807, 2.05) is 39.0 Å². The Bertz CT molecular complexity index is 640. The Hall–Kier alpha value is -1.40. The molecule has 1 aliphatic heterocycles. The number of hydrogen-bond acceptors (Lipinski definition) is 3. The number of hydrogen-bond donors (Lipinski definition) is 1. The maximum Gasteiger partial charge on any atom is 0.228 e. The molecule has 0 aliphatic carbocycles. The number of nitrogens with one attached hydrogen (secondary N) is 1. The molecule has 2 rings (SSSR count). The van der Waals surface area contributed by atoms with Crippen LogP contribution < -0.4 is 9.62 Å². The zero-order chi connectivity index (χ0) is 15.6. The minimum atomic E-state index is -3.29. The average molecular weight is 310 g/mol. The van der Waals surface area contributed by atoms with Crippen molar-refractivity contribution in [3.8, 4) is 0 Å². The van der Waals surface area contributed by atoms with Crippen molar-refractivity contribution in [2.45, 2.75) is 39.7 Å². The molecule has 21 heavy (non-hydrogen) atoms. The summed E-state index contributed by atoms with van der Waals surface area (Å²) in [6.07, 6.45) is 0.784. The van der Waals surface area contributed by atoms with Gasteiger partial charge in [0.05, 0.1) is 5.75 Å². The first-order valence-electron chi connectivity index (χ1n) is 7.20. The fourth-order valence-electron chi connectivity index (χ4n) is 2.51. The van der Waals surface area contributed by atoms with Gasteiger partial charge in [-0.05, 0) is 43.5 Å². The number of nitrogens with zero attached hydrogens (tertiary/aromatic N) is 1. The second kappa shape index (κ2) is 6.15. The highest BCUT2D eigenvalue weighted by molar-refractivity contribution is 7.89. The van der Waals surface area contributed by atoms with E-state index in [0.717, 1.165) is 11.3 Å². The van der Waals surface area contributed by atoms with Crippen molar-refractivity contribution in [3.63, 3.8) is 0 Å². The normalized spacial score (nSPS) is 19.3. The van der Waals surface area contributed by atoms with Gasteiger partial charge in [-0.3, -0.25) is 4.79 Å². The van der Waals surface area contributed by atoms with Gasteiger partial charge in [0.2, 0.25) is 15.9 Å².